The van der Waals surface area contributed by atoms with Crippen LogP contribution in [0.3, 0.4) is 0 Å². The highest BCUT2D eigenvalue weighted by Crippen LogP contribution is 2.13. The van der Waals surface area contributed by atoms with Crippen LogP contribution >= 0.6 is 0 Å². The third-order valence-electron chi connectivity index (χ3n) is 2.26. The summed E-state index contributed by atoms with van der Waals surface area (Å²) in [6.07, 6.45) is 0. The number of amides is 1. The lowest BCUT2D eigenvalue weighted by molar-refractivity contribution is -0.117. The van der Waals surface area contributed by atoms with Gasteiger partial charge in [-0.3, -0.25) is 10.1 Å². The first-order valence-corrected chi connectivity index (χ1v) is 4.98. The molecule has 15 heavy (non-hydrogen) atoms. The van der Waals surface area contributed by atoms with E-state index in [-0.39, 0.29) is 12.5 Å². The fraction of sp³-hybridized carbons (Fsp3) is 0.273. The molecule has 1 N–H and O–H groups in total. The molecule has 1 aliphatic rings. The Morgan fingerprint density at radius 2 is 2.13 bits per heavy atom. The molecular weight excluding hydrogens is 190 g/mol. The van der Waals surface area contributed by atoms with Crippen molar-refractivity contribution in [3.05, 3.63) is 30.3 Å². The predicted molar refractivity (Wildman–Crippen MR) is 59.9 cm³/mol. The fourth-order valence-electron chi connectivity index (χ4n) is 1.57. The average molecular weight is 203 g/mol. The van der Waals surface area contributed by atoms with Crippen LogP contribution < -0.4 is 10.2 Å². The molecule has 1 aromatic carbocycles. The average Bonchev–Trinajstić information content (AvgIpc) is 2.68. The zero-order chi connectivity index (χ0) is 10.7. The number of para-hydroxylation sites is 1. The Kier molecular flexibility index (Phi) is 2.67. The van der Waals surface area contributed by atoms with E-state index in [1.807, 2.05) is 42.2 Å². The first-order valence-electron chi connectivity index (χ1n) is 4.98. The van der Waals surface area contributed by atoms with Crippen molar-refractivity contribution in [2.24, 2.45) is 4.99 Å². The van der Waals surface area contributed by atoms with Gasteiger partial charge in [0.25, 0.3) is 0 Å². The maximum absolute atomic E-state index is 11.1. The summed E-state index contributed by atoms with van der Waals surface area (Å²) in [7, 11) is 0. The molecule has 0 spiro atoms. The van der Waals surface area contributed by atoms with Gasteiger partial charge in [-0.2, -0.15) is 0 Å². The standard InChI is InChI=1S/C11H13N3O/c1-2-14(9-6-4-3-5-7-9)11-12-8-10(15)13-11/h3-7H,2,8H2,1H3,(H,12,13,15). The lowest BCUT2D eigenvalue weighted by Crippen LogP contribution is -2.40. The van der Waals surface area contributed by atoms with Crippen LogP contribution in [-0.2, 0) is 4.79 Å². The van der Waals surface area contributed by atoms with Crippen LogP contribution in [0.25, 0.3) is 0 Å². The van der Waals surface area contributed by atoms with Gasteiger partial charge in [0, 0.05) is 12.2 Å². The van der Waals surface area contributed by atoms with Crippen LogP contribution in [0.15, 0.2) is 35.3 Å². The van der Waals surface area contributed by atoms with Crippen LogP contribution in [0.2, 0.25) is 0 Å². The molecule has 0 aliphatic carbocycles. The van der Waals surface area contributed by atoms with Gasteiger partial charge in [-0.1, -0.05) is 18.2 Å². The second kappa shape index (κ2) is 4.13. The monoisotopic (exact) mass is 203 g/mol. The Labute approximate surface area is 88.6 Å². The fourth-order valence-corrected chi connectivity index (χ4v) is 1.57. The normalized spacial score (nSPS) is 14.7. The van der Waals surface area contributed by atoms with E-state index in [0.717, 1.165) is 12.2 Å². The van der Waals surface area contributed by atoms with Crippen molar-refractivity contribution in [2.75, 3.05) is 18.0 Å². The zero-order valence-electron chi connectivity index (χ0n) is 8.60. The summed E-state index contributed by atoms with van der Waals surface area (Å²) in [6.45, 7) is 3.04. The number of carbonyl (C=O) groups excluding carboxylic acids is 1. The molecule has 0 saturated carbocycles. The lowest BCUT2D eigenvalue weighted by atomic mass is 10.3. The highest BCUT2D eigenvalue weighted by molar-refractivity contribution is 6.10. The zero-order valence-corrected chi connectivity index (χ0v) is 8.60. The van der Waals surface area contributed by atoms with E-state index in [2.05, 4.69) is 10.3 Å². The van der Waals surface area contributed by atoms with E-state index in [1.165, 1.54) is 0 Å². The molecule has 2 rings (SSSR count). The number of anilines is 1. The maximum atomic E-state index is 11.1. The van der Waals surface area contributed by atoms with Gasteiger partial charge in [-0.05, 0) is 19.1 Å². The molecule has 78 valence electrons. The number of benzene rings is 1. The van der Waals surface area contributed by atoms with Gasteiger partial charge < -0.3 is 4.90 Å². The second-order valence-electron chi connectivity index (χ2n) is 3.27. The Bertz CT molecular complexity index is 386. The summed E-state index contributed by atoms with van der Waals surface area (Å²) in [5.41, 5.74) is 1.04. The van der Waals surface area contributed by atoms with Crippen molar-refractivity contribution in [1.82, 2.24) is 5.32 Å². The van der Waals surface area contributed by atoms with E-state index in [1.54, 1.807) is 0 Å². The van der Waals surface area contributed by atoms with Gasteiger partial charge in [0.2, 0.25) is 11.9 Å². The van der Waals surface area contributed by atoms with Crippen molar-refractivity contribution in [3.63, 3.8) is 0 Å². The molecule has 1 aliphatic heterocycles. The number of rotatable bonds is 2. The molecule has 1 aromatic rings. The molecule has 1 heterocycles. The highest BCUT2D eigenvalue weighted by atomic mass is 16.2. The van der Waals surface area contributed by atoms with Crippen molar-refractivity contribution < 1.29 is 4.79 Å². The van der Waals surface area contributed by atoms with Crippen molar-refractivity contribution in [1.29, 1.82) is 0 Å². The smallest absolute Gasteiger partial charge is 0.248 e. The van der Waals surface area contributed by atoms with Crippen molar-refractivity contribution in [3.8, 4) is 0 Å². The molecule has 0 unspecified atom stereocenters. The third kappa shape index (κ3) is 1.98. The van der Waals surface area contributed by atoms with Gasteiger partial charge in [0.1, 0.15) is 6.54 Å². The van der Waals surface area contributed by atoms with E-state index in [0.29, 0.717) is 5.96 Å². The Morgan fingerprint density at radius 3 is 2.67 bits per heavy atom. The Hall–Kier alpha value is -1.84. The number of carbonyl (C=O) groups is 1. The summed E-state index contributed by atoms with van der Waals surface area (Å²) >= 11 is 0. The number of hydrogen-bond donors (Lipinski definition) is 1. The van der Waals surface area contributed by atoms with Crippen LogP contribution in [0, 0.1) is 0 Å². The molecule has 1 amide bonds. The van der Waals surface area contributed by atoms with Crippen LogP contribution in [0.1, 0.15) is 6.92 Å². The summed E-state index contributed by atoms with van der Waals surface area (Å²) < 4.78 is 0. The molecule has 4 heteroatoms. The SMILES string of the molecule is CCN(C1=NCC(=O)N1)c1ccccc1. The summed E-state index contributed by atoms with van der Waals surface area (Å²) in [6, 6.07) is 9.89. The minimum absolute atomic E-state index is 0.0422. The summed E-state index contributed by atoms with van der Waals surface area (Å²) in [5, 5.41) is 2.74. The van der Waals surface area contributed by atoms with Crippen LogP contribution in [-0.4, -0.2) is 25.0 Å². The molecule has 4 nitrogen and oxygen atoms in total. The molecule has 0 aromatic heterocycles. The number of guanidine groups is 1. The summed E-state index contributed by atoms with van der Waals surface area (Å²) in [4.78, 5) is 17.2. The number of nitrogens with one attached hydrogen (secondary N) is 1. The molecule has 0 bridgehead atoms. The minimum atomic E-state index is -0.0422. The van der Waals surface area contributed by atoms with Crippen molar-refractivity contribution >= 4 is 17.6 Å². The van der Waals surface area contributed by atoms with Gasteiger partial charge >= 0.3 is 0 Å². The predicted octanol–water partition coefficient (Wildman–Crippen LogP) is 0.999. The van der Waals surface area contributed by atoms with Gasteiger partial charge in [-0.15, -0.1) is 0 Å². The first kappa shape index (κ1) is 9.71. The topological polar surface area (TPSA) is 44.7 Å². The molecule has 0 atom stereocenters. The molecule has 0 radical (unpaired) electrons. The summed E-state index contributed by atoms with van der Waals surface area (Å²) in [5.74, 6) is 0.605. The molecule has 0 fully saturated rings. The minimum Gasteiger partial charge on any atom is -0.313 e. The van der Waals surface area contributed by atoms with Crippen LogP contribution in [0.4, 0.5) is 5.69 Å². The van der Waals surface area contributed by atoms with Crippen molar-refractivity contribution in [2.45, 2.75) is 6.92 Å². The van der Waals surface area contributed by atoms with E-state index >= 15 is 0 Å². The third-order valence-corrected chi connectivity index (χ3v) is 2.26. The largest absolute Gasteiger partial charge is 0.313 e. The van der Waals surface area contributed by atoms with Gasteiger partial charge in [-0.25, -0.2) is 4.99 Å². The first-order chi connectivity index (χ1) is 7.31. The quantitative estimate of drug-likeness (QED) is 0.779. The Balaban J connectivity index is 2.22. The molecule has 0 saturated heterocycles. The highest BCUT2D eigenvalue weighted by Gasteiger charge is 2.19. The van der Waals surface area contributed by atoms with Crippen LogP contribution in [0.5, 0.6) is 0 Å². The van der Waals surface area contributed by atoms with Gasteiger partial charge in [0.05, 0.1) is 0 Å². The van der Waals surface area contributed by atoms with E-state index < -0.39 is 0 Å². The Morgan fingerprint density at radius 1 is 1.40 bits per heavy atom. The maximum Gasteiger partial charge on any atom is 0.248 e. The lowest BCUT2D eigenvalue weighted by Gasteiger charge is -2.22. The van der Waals surface area contributed by atoms with E-state index in [9.17, 15) is 4.79 Å². The number of hydrogen-bond acceptors (Lipinski definition) is 3. The van der Waals surface area contributed by atoms with E-state index in [4.69, 9.17) is 0 Å². The van der Waals surface area contributed by atoms with Gasteiger partial charge in [0.15, 0.2) is 0 Å². The molecular formula is C11H13N3O. The number of aliphatic imine (C=N–C) groups is 1. The second-order valence-corrected chi connectivity index (χ2v) is 3.27. The number of nitrogens with zero attached hydrogens (tertiary/aromatic N) is 2.